The van der Waals surface area contributed by atoms with Crippen LogP contribution in [0.25, 0.3) is 6.08 Å². The Bertz CT molecular complexity index is 482. The number of nitrogens with zero attached hydrogens (tertiary/aromatic N) is 2. The molecule has 0 aliphatic heterocycles. The Morgan fingerprint density at radius 1 is 1.67 bits per heavy atom. The quantitative estimate of drug-likeness (QED) is 0.769. The zero-order valence-corrected chi connectivity index (χ0v) is 12.5. The predicted molar refractivity (Wildman–Crippen MR) is 76.5 cm³/mol. The second kappa shape index (κ2) is 4.68. The first-order valence-electron chi connectivity index (χ1n) is 4.42. The van der Waals surface area contributed by atoms with Gasteiger partial charge in [0.2, 0.25) is 0 Å². The number of aromatic nitrogens is 2. The van der Waals surface area contributed by atoms with Crippen LogP contribution in [-0.2, 0) is 13.5 Å². The van der Waals surface area contributed by atoms with Crippen molar-refractivity contribution >= 4 is 44.8 Å². The van der Waals surface area contributed by atoms with Gasteiger partial charge in [0.05, 0.1) is 5.69 Å². The van der Waals surface area contributed by atoms with E-state index in [1.165, 1.54) is 0 Å². The second-order valence-corrected chi connectivity index (χ2v) is 12.3. The molecule has 1 aromatic heterocycles. The molecule has 0 spiro atoms. The molecule has 1 aromatic rings. The van der Waals surface area contributed by atoms with Crippen molar-refractivity contribution in [3.63, 3.8) is 0 Å². The van der Waals surface area contributed by atoms with Gasteiger partial charge < -0.3 is 0 Å². The molecule has 1 aliphatic carbocycles. The zero-order chi connectivity index (χ0) is 11.0. The molecule has 7 heteroatoms. The number of hydrogen-bond donors (Lipinski definition) is 0. The minimum atomic E-state index is -0.392. The van der Waals surface area contributed by atoms with Crippen molar-refractivity contribution in [3.8, 4) is 0 Å². The Morgan fingerprint density at radius 3 is 3.07 bits per heavy atom. The van der Waals surface area contributed by atoms with Crippen LogP contribution in [0, 0.1) is 0 Å². The van der Waals surface area contributed by atoms with E-state index in [2.05, 4.69) is 22.8 Å². The van der Waals surface area contributed by atoms with Crippen LogP contribution in [-0.4, -0.2) is 9.55 Å². The molecule has 0 aromatic carbocycles. The highest BCUT2D eigenvalue weighted by molar-refractivity contribution is 8.63. The molecule has 1 heterocycles. The number of rotatable bonds is 2. The largest absolute Gasteiger partial charge is 0.295 e. The van der Waals surface area contributed by atoms with Crippen LogP contribution in [0.2, 0.25) is 0 Å². The fourth-order valence-corrected chi connectivity index (χ4v) is 4.97. The van der Waals surface area contributed by atoms with Crippen molar-refractivity contribution in [2.45, 2.75) is 6.42 Å². The van der Waals surface area contributed by atoms with Crippen molar-refractivity contribution in [1.29, 1.82) is 0 Å². The molecule has 80 valence electrons. The molecule has 4 unspecified atom stereocenters. The summed E-state index contributed by atoms with van der Waals surface area (Å²) in [6.07, 6.45) is 4.67. The van der Waals surface area contributed by atoms with E-state index in [1.54, 1.807) is 4.57 Å². The maximum Gasteiger partial charge on any atom is 0.257 e. The molecule has 0 fully saturated rings. The maximum absolute atomic E-state index is 12.0. The minimum Gasteiger partial charge on any atom is -0.295 e. The van der Waals surface area contributed by atoms with E-state index in [9.17, 15) is 4.79 Å². The van der Waals surface area contributed by atoms with Crippen molar-refractivity contribution in [2.75, 3.05) is 0 Å². The first kappa shape index (κ1) is 11.8. The van der Waals surface area contributed by atoms with Gasteiger partial charge in [-0.2, -0.15) is 0 Å². The van der Waals surface area contributed by atoms with Gasteiger partial charge in [-0.25, -0.2) is 4.98 Å². The van der Waals surface area contributed by atoms with Crippen LogP contribution in [0.3, 0.4) is 0 Å². The Kier molecular flexibility index (Phi) is 3.69. The summed E-state index contributed by atoms with van der Waals surface area (Å²) in [7, 11) is 7.66. The zero-order valence-electron chi connectivity index (χ0n) is 8.27. The molecule has 0 bridgehead atoms. The smallest absolute Gasteiger partial charge is 0.257 e. The lowest BCUT2D eigenvalue weighted by Crippen LogP contribution is -2.33. The lowest BCUT2D eigenvalue weighted by atomic mass is 10.2. The molecular formula is C8H12N2OP4. The number of hydrogen-bond acceptors (Lipinski definition) is 2. The van der Waals surface area contributed by atoms with E-state index in [4.69, 9.17) is 0 Å². The third kappa shape index (κ3) is 2.09. The summed E-state index contributed by atoms with van der Waals surface area (Å²) in [6.45, 7) is 0. The van der Waals surface area contributed by atoms with E-state index in [0.29, 0.717) is 7.96 Å². The molecular weight excluding hydrogens is 264 g/mol. The third-order valence-electron chi connectivity index (χ3n) is 2.34. The molecule has 4 atom stereocenters. The van der Waals surface area contributed by atoms with Gasteiger partial charge in [0, 0.05) is 19.9 Å². The van der Waals surface area contributed by atoms with Crippen molar-refractivity contribution in [1.82, 2.24) is 9.55 Å². The van der Waals surface area contributed by atoms with Crippen LogP contribution in [0.4, 0.5) is 0 Å². The average molecular weight is 276 g/mol. The summed E-state index contributed by atoms with van der Waals surface area (Å²) in [5.74, 6) is 0. The molecule has 2 rings (SSSR count). The average Bonchev–Trinajstić information content (AvgIpc) is 2.70. The standard InChI is InChI=1S/C8H12N2OP4/c1-10-7(11)5-3-2-4-6(5)9-8(10)15(13)14-12/h2,4,14H,3,12-13H2,1H3. The summed E-state index contributed by atoms with van der Waals surface area (Å²) >= 11 is 0. The molecule has 0 radical (unpaired) electrons. The van der Waals surface area contributed by atoms with Crippen LogP contribution in [0.5, 0.6) is 0 Å². The normalized spacial score (nSPS) is 16.2. The van der Waals surface area contributed by atoms with E-state index >= 15 is 0 Å². The van der Waals surface area contributed by atoms with Crippen LogP contribution >= 0.6 is 33.1 Å². The van der Waals surface area contributed by atoms with E-state index < -0.39 is 7.30 Å². The molecule has 0 saturated heterocycles. The van der Waals surface area contributed by atoms with E-state index in [-0.39, 0.29) is 5.56 Å². The molecule has 0 amide bonds. The Hall–Kier alpha value is 0.340. The fraction of sp³-hybridized carbons (Fsp3) is 0.250. The van der Waals surface area contributed by atoms with Gasteiger partial charge in [0.1, 0.15) is 5.57 Å². The van der Waals surface area contributed by atoms with Gasteiger partial charge in [-0.15, -0.1) is 8.93 Å². The molecule has 3 nitrogen and oxygen atoms in total. The lowest BCUT2D eigenvalue weighted by Gasteiger charge is -2.14. The summed E-state index contributed by atoms with van der Waals surface area (Å²) in [4.78, 5) is 16.5. The Morgan fingerprint density at radius 2 is 2.40 bits per heavy atom. The van der Waals surface area contributed by atoms with Gasteiger partial charge in [-0.1, -0.05) is 23.0 Å². The highest BCUT2D eigenvalue weighted by Gasteiger charge is 2.17. The van der Waals surface area contributed by atoms with Crippen LogP contribution in [0.15, 0.2) is 10.9 Å². The van der Waals surface area contributed by atoms with Crippen LogP contribution in [0.1, 0.15) is 11.3 Å². The summed E-state index contributed by atoms with van der Waals surface area (Å²) in [5, 5.41) is 0. The van der Waals surface area contributed by atoms with Crippen molar-refractivity contribution in [2.24, 2.45) is 7.05 Å². The highest BCUT2D eigenvalue weighted by Crippen LogP contribution is 2.64. The van der Waals surface area contributed by atoms with Gasteiger partial charge >= 0.3 is 0 Å². The van der Waals surface area contributed by atoms with Crippen molar-refractivity contribution in [3.05, 3.63) is 27.7 Å². The highest BCUT2D eigenvalue weighted by atomic mass is 32.6. The monoisotopic (exact) mass is 276 g/mol. The van der Waals surface area contributed by atoms with Crippen molar-refractivity contribution < 1.29 is 0 Å². The fourth-order valence-electron chi connectivity index (χ4n) is 1.54. The lowest BCUT2D eigenvalue weighted by molar-refractivity contribution is 0.844. The molecule has 1 aliphatic rings. The van der Waals surface area contributed by atoms with Gasteiger partial charge in [0.15, 0.2) is 0 Å². The third-order valence-corrected chi connectivity index (χ3v) is 12.1. The topological polar surface area (TPSA) is 34.9 Å². The second-order valence-electron chi connectivity index (χ2n) is 3.25. The van der Waals surface area contributed by atoms with Crippen LogP contribution < -0.4 is 11.1 Å². The van der Waals surface area contributed by atoms with E-state index in [1.807, 2.05) is 19.2 Å². The molecule has 0 N–H and O–H groups in total. The first-order valence-corrected chi connectivity index (χ1v) is 11.0. The summed E-state index contributed by atoms with van der Waals surface area (Å²) < 4.78 is 1.70. The van der Waals surface area contributed by atoms with Gasteiger partial charge in [0.25, 0.3) is 5.56 Å². The van der Waals surface area contributed by atoms with Gasteiger partial charge in [-0.3, -0.25) is 9.36 Å². The summed E-state index contributed by atoms with van der Waals surface area (Å²) in [5.41, 5.74) is 2.73. The number of fused-ring (bicyclic) bond motifs is 1. The minimum absolute atomic E-state index is 0.109. The first-order chi connectivity index (χ1) is 7.15. The molecule has 0 saturated carbocycles. The summed E-state index contributed by atoms with van der Waals surface area (Å²) in [6, 6.07) is 0. The Balaban J connectivity index is 2.63. The predicted octanol–water partition coefficient (Wildman–Crippen LogP) is 1.63. The maximum atomic E-state index is 12.0. The number of allylic oxidation sites excluding steroid dienone is 1. The Labute approximate surface area is 95.8 Å². The van der Waals surface area contributed by atoms with E-state index in [0.717, 1.165) is 23.2 Å². The van der Waals surface area contributed by atoms with Gasteiger partial charge in [-0.05, 0) is 12.5 Å². The molecule has 15 heavy (non-hydrogen) atoms. The SMILES string of the molecule is Cn1c(P(P)PP)nc2c(c1=O)CC=C2.